The average molecular weight is 510 g/mol. The van der Waals surface area contributed by atoms with Gasteiger partial charge in [0.2, 0.25) is 10.0 Å². The first-order valence-electron chi connectivity index (χ1n) is 8.87. The van der Waals surface area contributed by atoms with Crippen molar-refractivity contribution in [2.75, 3.05) is 37.9 Å². The zero-order valence-corrected chi connectivity index (χ0v) is 18.5. The number of rotatable bonds is 4. The highest BCUT2D eigenvalue weighted by Crippen LogP contribution is 2.32. The van der Waals surface area contributed by atoms with Crippen molar-refractivity contribution in [1.29, 1.82) is 0 Å². The van der Waals surface area contributed by atoms with Crippen molar-refractivity contribution in [2.24, 2.45) is 10.7 Å². The van der Waals surface area contributed by atoms with Crippen LogP contribution in [0.2, 0.25) is 0 Å². The normalized spacial score (nSPS) is 21.1. The second-order valence-corrected chi connectivity index (χ2v) is 8.52. The lowest BCUT2D eigenvalue weighted by Crippen LogP contribution is -2.45. The van der Waals surface area contributed by atoms with Crippen LogP contribution >= 0.6 is 24.0 Å². The van der Waals surface area contributed by atoms with Gasteiger partial charge in [-0.3, -0.25) is 4.99 Å². The quantitative estimate of drug-likeness (QED) is 0.365. The van der Waals surface area contributed by atoms with Gasteiger partial charge in [0.1, 0.15) is 0 Å². The molecule has 1 aromatic carbocycles. The number of anilines is 1. The van der Waals surface area contributed by atoms with Gasteiger partial charge in [0.25, 0.3) is 0 Å². The van der Waals surface area contributed by atoms with Crippen LogP contribution in [-0.2, 0) is 10.0 Å². The van der Waals surface area contributed by atoms with Crippen LogP contribution in [0.4, 0.5) is 5.69 Å². The van der Waals surface area contributed by atoms with E-state index in [1.807, 2.05) is 18.2 Å². The molecule has 0 aliphatic carbocycles. The maximum absolute atomic E-state index is 11.9. The van der Waals surface area contributed by atoms with E-state index >= 15 is 0 Å². The summed E-state index contributed by atoms with van der Waals surface area (Å²) in [5.74, 6) is 1.64. The molecule has 0 aromatic heterocycles. The summed E-state index contributed by atoms with van der Waals surface area (Å²) in [5, 5.41) is 3.03. The lowest BCUT2D eigenvalue weighted by molar-refractivity contribution is 0.259. The largest absolute Gasteiger partial charge is 0.490 e. The molecule has 1 atom stereocenters. The maximum atomic E-state index is 11.9. The van der Waals surface area contributed by atoms with Gasteiger partial charge >= 0.3 is 0 Å². The highest BCUT2D eigenvalue weighted by molar-refractivity contribution is 14.0. The van der Waals surface area contributed by atoms with E-state index < -0.39 is 10.0 Å². The van der Waals surface area contributed by atoms with Gasteiger partial charge < -0.3 is 20.5 Å². The van der Waals surface area contributed by atoms with E-state index in [0.29, 0.717) is 32.1 Å². The first-order chi connectivity index (χ1) is 12.4. The van der Waals surface area contributed by atoms with Crippen molar-refractivity contribution in [3.63, 3.8) is 0 Å². The molecule has 0 saturated carbocycles. The summed E-state index contributed by atoms with van der Waals surface area (Å²) >= 11 is 0. The summed E-state index contributed by atoms with van der Waals surface area (Å²) in [6.07, 6.45) is 4.78. The third kappa shape index (κ3) is 6.11. The number of nitrogens with two attached hydrogens (primary N) is 1. The molecule has 2 heterocycles. The van der Waals surface area contributed by atoms with Crippen molar-refractivity contribution in [2.45, 2.75) is 31.7 Å². The molecule has 1 unspecified atom stereocenters. The molecule has 152 valence electrons. The molecule has 1 aromatic rings. The van der Waals surface area contributed by atoms with Crippen LogP contribution in [0.5, 0.6) is 11.5 Å². The average Bonchev–Trinajstić information content (AvgIpc) is 2.84. The Morgan fingerprint density at radius 3 is 2.74 bits per heavy atom. The Bertz CT molecular complexity index is 772. The second-order valence-electron chi connectivity index (χ2n) is 6.59. The molecule has 1 saturated heterocycles. The SMILES string of the molecule is CS(=O)(=O)N1CCCCC1CN=C(N)Nc1ccc2c(c1)OCCCO2.I. The lowest BCUT2D eigenvalue weighted by atomic mass is 10.1. The van der Waals surface area contributed by atoms with Crippen LogP contribution in [0, 0.1) is 0 Å². The van der Waals surface area contributed by atoms with E-state index in [0.717, 1.165) is 37.1 Å². The molecule has 10 heteroatoms. The number of nitrogens with one attached hydrogen (secondary N) is 1. The predicted octanol–water partition coefficient (Wildman–Crippen LogP) is 2.01. The number of hydrogen-bond donors (Lipinski definition) is 2. The Kier molecular flexibility index (Phi) is 7.98. The fourth-order valence-electron chi connectivity index (χ4n) is 3.23. The summed E-state index contributed by atoms with van der Waals surface area (Å²) in [6, 6.07) is 5.37. The monoisotopic (exact) mass is 510 g/mol. The Labute approximate surface area is 177 Å². The van der Waals surface area contributed by atoms with E-state index in [4.69, 9.17) is 15.2 Å². The van der Waals surface area contributed by atoms with Crippen LogP contribution in [0.3, 0.4) is 0 Å². The lowest BCUT2D eigenvalue weighted by Gasteiger charge is -2.32. The van der Waals surface area contributed by atoms with E-state index in [9.17, 15) is 8.42 Å². The van der Waals surface area contributed by atoms with Crippen LogP contribution in [-0.4, -0.2) is 57.3 Å². The molecule has 3 N–H and O–H groups in total. The fourth-order valence-corrected chi connectivity index (χ4v) is 4.40. The third-order valence-electron chi connectivity index (χ3n) is 4.49. The van der Waals surface area contributed by atoms with Crippen molar-refractivity contribution in [3.05, 3.63) is 18.2 Å². The van der Waals surface area contributed by atoms with E-state index in [2.05, 4.69) is 10.3 Å². The number of halogens is 1. The minimum atomic E-state index is -3.22. The molecule has 0 bridgehead atoms. The molecule has 2 aliphatic rings. The molecule has 2 aliphatic heterocycles. The van der Waals surface area contributed by atoms with Crippen molar-refractivity contribution in [1.82, 2.24) is 4.31 Å². The number of benzene rings is 1. The first kappa shape index (κ1) is 22.0. The standard InChI is InChI=1S/C17H26N4O4S.HI/c1-26(22,23)21-8-3-2-5-14(21)12-19-17(18)20-13-6-7-15-16(11-13)25-10-4-9-24-15;/h6-7,11,14H,2-5,8-10,12H2,1H3,(H3,18,19,20);1H. The first-order valence-corrected chi connectivity index (χ1v) is 10.7. The Morgan fingerprint density at radius 2 is 2.00 bits per heavy atom. The van der Waals surface area contributed by atoms with Crippen LogP contribution in [0.1, 0.15) is 25.7 Å². The van der Waals surface area contributed by atoms with Crippen molar-refractivity contribution >= 4 is 45.6 Å². The Hall–Kier alpha value is -1.27. The minimum absolute atomic E-state index is 0. The van der Waals surface area contributed by atoms with Crippen LogP contribution < -0.4 is 20.5 Å². The van der Waals surface area contributed by atoms with Gasteiger partial charge in [-0.25, -0.2) is 8.42 Å². The molecule has 27 heavy (non-hydrogen) atoms. The second kappa shape index (κ2) is 9.78. The van der Waals surface area contributed by atoms with Gasteiger partial charge in [0.15, 0.2) is 17.5 Å². The Balaban J connectivity index is 0.00000261. The van der Waals surface area contributed by atoms with Gasteiger partial charge in [-0.2, -0.15) is 4.31 Å². The number of fused-ring (bicyclic) bond motifs is 1. The van der Waals surface area contributed by atoms with Gasteiger partial charge in [0.05, 0.1) is 26.0 Å². The summed E-state index contributed by atoms with van der Waals surface area (Å²) < 4.78 is 36.6. The summed E-state index contributed by atoms with van der Waals surface area (Å²) in [6.45, 7) is 2.15. The van der Waals surface area contributed by atoms with Crippen molar-refractivity contribution in [3.8, 4) is 11.5 Å². The number of hydrogen-bond acceptors (Lipinski definition) is 5. The minimum Gasteiger partial charge on any atom is -0.490 e. The van der Waals surface area contributed by atoms with Crippen LogP contribution in [0.25, 0.3) is 0 Å². The van der Waals surface area contributed by atoms with Gasteiger partial charge in [0, 0.05) is 30.8 Å². The number of sulfonamides is 1. The van der Waals surface area contributed by atoms with Gasteiger partial charge in [-0.15, -0.1) is 24.0 Å². The maximum Gasteiger partial charge on any atom is 0.211 e. The zero-order valence-electron chi connectivity index (χ0n) is 15.4. The van der Waals surface area contributed by atoms with Gasteiger partial charge in [-0.05, 0) is 25.0 Å². The number of nitrogens with zero attached hydrogens (tertiary/aromatic N) is 2. The molecule has 1 fully saturated rings. The summed E-state index contributed by atoms with van der Waals surface area (Å²) in [7, 11) is -3.22. The number of guanidine groups is 1. The topological polar surface area (TPSA) is 106 Å². The zero-order chi connectivity index (χ0) is 18.6. The van der Waals surface area contributed by atoms with E-state index in [-0.39, 0.29) is 36.0 Å². The van der Waals surface area contributed by atoms with Crippen LogP contribution in [0.15, 0.2) is 23.2 Å². The number of ether oxygens (including phenoxy) is 2. The highest BCUT2D eigenvalue weighted by atomic mass is 127. The Morgan fingerprint density at radius 1 is 1.26 bits per heavy atom. The fraction of sp³-hybridized carbons (Fsp3) is 0.588. The predicted molar refractivity (Wildman–Crippen MR) is 117 cm³/mol. The summed E-state index contributed by atoms with van der Waals surface area (Å²) in [5.41, 5.74) is 6.73. The molecule has 8 nitrogen and oxygen atoms in total. The van der Waals surface area contributed by atoms with Crippen molar-refractivity contribution < 1.29 is 17.9 Å². The summed E-state index contributed by atoms with van der Waals surface area (Å²) in [4.78, 5) is 4.34. The molecule has 0 radical (unpaired) electrons. The van der Waals surface area contributed by atoms with Gasteiger partial charge in [-0.1, -0.05) is 6.42 Å². The number of aliphatic imine (C=N–C) groups is 1. The van der Waals surface area contributed by atoms with E-state index in [1.54, 1.807) is 0 Å². The third-order valence-corrected chi connectivity index (χ3v) is 5.82. The highest BCUT2D eigenvalue weighted by Gasteiger charge is 2.29. The van der Waals surface area contributed by atoms with E-state index in [1.165, 1.54) is 10.6 Å². The smallest absolute Gasteiger partial charge is 0.211 e. The molecule has 0 amide bonds. The molecule has 3 rings (SSSR count). The molecule has 0 spiro atoms. The molecular formula is C17H27IN4O4S. The molecular weight excluding hydrogens is 483 g/mol. The number of piperidine rings is 1.